The van der Waals surface area contributed by atoms with E-state index >= 15 is 0 Å². The van der Waals surface area contributed by atoms with Crippen LogP contribution in [0.25, 0.3) is 11.5 Å². The van der Waals surface area contributed by atoms with Crippen LogP contribution in [0, 0.1) is 0 Å². The van der Waals surface area contributed by atoms with Crippen molar-refractivity contribution in [3.63, 3.8) is 0 Å². The predicted molar refractivity (Wildman–Crippen MR) is 83.7 cm³/mol. The van der Waals surface area contributed by atoms with Gasteiger partial charge in [0.1, 0.15) is 6.54 Å². The fourth-order valence-electron chi connectivity index (χ4n) is 2.85. The first-order valence-corrected chi connectivity index (χ1v) is 7.77. The van der Waals surface area contributed by atoms with Crippen molar-refractivity contribution in [3.05, 3.63) is 49.1 Å². The Morgan fingerprint density at radius 1 is 1.25 bits per heavy atom. The molecule has 1 aliphatic heterocycles. The van der Waals surface area contributed by atoms with E-state index in [4.69, 9.17) is 4.52 Å². The Hall–Kier alpha value is -3.03. The number of likely N-dealkylation sites (tertiary alicyclic amines) is 1. The summed E-state index contributed by atoms with van der Waals surface area (Å²) in [5.41, 5.74) is 0.842. The number of aromatic nitrogens is 5. The highest BCUT2D eigenvalue weighted by Crippen LogP contribution is 2.27. The first-order valence-electron chi connectivity index (χ1n) is 7.77. The highest BCUT2D eigenvalue weighted by atomic mass is 16.5. The van der Waals surface area contributed by atoms with Crippen LogP contribution in [-0.4, -0.2) is 48.6 Å². The van der Waals surface area contributed by atoms with Crippen LogP contribution in [0.4, 0.5) is 0 Å². The molecule has 8 nitrogen and oxygen atoms in total. The average molecular weight is 324 g/mol. The van der Waals surface area contributed by atoms with Gasteiger partial charge in [0, 0.05) is 49.4 Å². The van der Waals surface area contributed by atoms with Crippen LogP contribution in [0.2, 0.25) is 0 Å². The van der Waals surface area contributed by atoms with E-state index in [1.807, 2.05) is 17.0 Å². The zero-order valence-electron chi connectivity index (χ0n) is 12.9. The van der Waals surface area contributed by atoms with E-state index in [0.717, 1.165) is 12.0 Å². The average Bonchev–Trinajstić information content (AvgIpc) is 3.36. The minimum absolute atomic E-state index is 0.0772. The minimum atomic E-state index is 0.0772. The van der Waals surface area contributed by atoms with Crippen molar-refractivity contribution in [2.75, 3.05) is 13.1 Å². The van der Waals surface area contributed by atoms with E-state index in [9.17, 15) is 4.79 Å². The van der Waals surface area contributed by atoms with E-state index < -0.39 is 0 Å². The van der Waals surface area contributed by atoms with Gasteiger partial charge in [0.2, 0.25) is 5.91 Å². The molecule has 0 saturated carbocycles. The smallest absolute Gasteiger partial charge is 0.258 e. The number of imidazole rings is 1. The molecule has 0 spiro atoms. The summed E-state index contributed by atoms with van der Waals surface area (Å²) >= 11 is 0. The summed E-state index contributed by atoms with van der Waals surface area (Å²) in [7, 11) is 0. The maximum Gasteiger partial charge on any atom is 0.258 e. The molecule has 1 saturated heterocycles. The molecule has 1 atom stereocenters. The largest absolute Gasteiger partial charge is 0.340 e. The molecule has 0 radical (unpaired) electrons. The molecule has 1 amide bonds. The number of carbonyl (C=O) groups excluding carboxylic acids is 1. The van der Waals surface area contributed by atoms with E-state index in [1.165, 1.54) is 0 Å². The van der Waals surface area contributed by atoms with Gasteiger partial charge in [-0.05, 0) is 18.6 Å². The van der Waals surface area contributed by atoms with Gasteiger partial charge in [0.15, 0.2) is 5.82 Å². The van der Waals surface area contributed by atoms with Gasteiger partial charge in [-0.1, -0.05) is 5.16 Å². The molecule has 122 valence electrons. The van der Waals surface area contributed by atoms with Gasteiger partial charge in [0.05, 0.1) is 6.33 Å². The van der Waals surface area contributed by atoms with Gasteiger partial charge in [-0.3, -0.25) is 9.78 Å². The Labute approximate surface area is 138 Å². The lowest BCUT2D eigenvalue weighted by atomic mass is 10.1. The van der Waals surface area contributed by atoms with Gasteiger partial charge >= 0.3 is 0 Å². The highest BCUT2D eigenvalue weighted by Gasteiger charge is 2.30. The van der Waals surface area contributed by atoms with Crippen molar-refractivity contribution < 1.29 is 9.32 Å². The van der Waals surface area contributed by atoms with Crippen molar-refractivity contribution in [1.82, 2.24) is 29.6 Å². The molecular weight excluding hydrogens is 308 g/mol. The number of hydrogen-bond acceptors (Lipinski definition) is 6. The van der Waals surface area contributed by atoms with Gasteiger partial charge in [-0.2, -0.15) is 4.98 Å². The second kappa shape index (κ2) is 6.23. The zero-order valence-corrected chi connectivity index (χ0v) is 12.9. The summed E-state index contributed by atoms with van der Waals surface area (Å²) in [5, 5.41) is 4.08. The number of rotatable bonds is 4. The summed E-state index contributed by atoms with van der Waals surface area (Å²) in [5.74, 6) is 1.32. The summed E-state index contributed by atoms with van der Waals surface area (Å²) < 4.78 is 7.11. The molecule has 0 bridgehead atoms. The lowest BCUT2D eigenvalue weighted by molar-refractivity contribution is -0.130. The molecule has 3 aromatic heterocycles. The molecule has 3 aromatic rings. The van der Waals surface area contributed by atoms with Gasteiger partial charge in [-0.25, -0.2) is 4.98 Å². The van der Waals surface area contributed by atoms with Crippen molar-refractivity contribution in [3.8, 4) is 11.5 Å². The first kappa shape index (κ1) is 14.6. The molecule has 4 rings (SSSR count). The van der Waals surface area contributed by atoms with Crippen molar-refractivity contribution >= 4 is 5.91 Å². The standard InChI is InChI=1S/C16H16N6O2/c23-14(10-21-8-6-18-11-21)22-7-3-13(9-22)15-19-16(24-20-15)12-1-4-17-5-2-12/h1-2,4-6,8,11,13H,3,7,9-10H2. The third kappa shape index (κ3) is 2.90. The molecule has 0 N–H and O–H groups in total. The van der Waals surface area contributed by atoms with Crippen LogP contribution in [0.3, 0.4) is 0 Å². The molecule has 1 aliphatic rings. The summed E-state index contributed by atoms with van der Waals surface area (Å²) in [6.07, 6.45) is 9.30. The Morgan fingerprint density at radius 3 is 2.92 bits per heavy atom. The first-order chi connectivity index (χ1) is 11.8. The normalized spacial score (nSPS) is 17.3. The Morgan fingerprint density at radius 2 is 2.12 bits per heavy atom. The third-order valence-corrected chi connectivity index (χ3v) is 4.15. The molecule has 4 heterocycles. The fraction of sp³-hybridized carbons (Fsp3) is 0.312. The molecule has 1 unspecified atom stereocenters. The molecule has 1 fully saturated rings. The Bertz CT molecular complexity index is 814. The van der Waals surface area contributed by atoms with Crippen LogP contribution >= 0.6 is 0 Å². The lowest BCUT2D eigenvalue weighted by Crippen LogP contribution is -2.31. The summed E-state index contributed by atoms with van der Waals surface area (Å²) in [6.45, 7) is 1.63. The van der Waals surface area contributed by atoms with Gasteiger partial charge < -0.3 is 14.0 Å². The quantitative estimate of drug-likeness (QED) is 0.719. The molecular formula is C16H16N6O2. The minimum Gasteiger partial charge on any atom is -0.340 e. The topological polar surface area (TPSA) is 89.9 Å². The van der Waals surface area contributed by atoms with Crippen molar-refractivity contribution in [2.24, 2.45) is 0 Å². The van der Waals surface area contributed by atoms with E-state index in [-0.39, 0.29) is 11.8 Å². The van der Waals surface area contributed by atoms with Crippen LogP contribution < -0.4 is 0 Å². The molecule has 8 heteroatoms. The predicted octanol–water partition coefficient (Wildman–Crippen LogP) is 1.34. The van der Waals surface area contributed by atoms with Gasteiger partial charge in [0.25, 0.3) is 5.89 Å². The summed E-state index contributed by atoms with van der Waals surface area (Å²) in [4.78, 5) is 26.6. The highest BCUT2D eigenvalue weighted by molar-refractivity contribution is 5.76. The Balaban J connectivity index is 1.42. The number of amides is 1. The van der Waals surface area contributed by atoms with Crippen LogP contribution in [0.1, 0.15) is 18.2 Å². The van der Waals surface area contributed by atoms with E-state index in [1.54, 1.807) is 35.7 Å². The third-order valence-electron chi connectivity index (χ3n) is 4.15. The zero-order chi connectivity index (χ0) is 16.4. The number of nitrogens with zero attached hydrogens (tertiary/aromatic N) is 6. The molecule has 24 heavy (non-hydrogen) atoms. The maximum absolute atomic E-state index is 12.3. The summed E-state index contributed by atoms with van der Waals surface area (Å²) in [6, 6.07) is 3.65. The molecule has 0 aliphatic carbocycles. The molecule has 0 aromatic carbocycles. The number of carbonyl (C=O) groups is 1. The van der Waals surface area contributed by atoms with Crippen LogP contribution in [0.15, 0.2) is 47.8 Å². The fourth-order valence-corrected chi connectivity index (χ4v) is 2.85. The lowest BCUT2D eigenvalue weighted by Gasteiger charge is -2.15. The van der Waals surface area contributed by atoms with Crippen LogP contribution in [-0.2, 0) is 11.3 Å². The Kier molecular flexibility index (Phi) is 3.78. The van der Waals surface area contributed by atoms with E-state index in [0.29, 0.717) is 31.3 Å². The monoisotopic (exact) mass is 324 g/mol. The number of hydrogen-bond donors (Lipinski definition) is 0. The second-order valence-electron chi connectivity index (χ2n) is 5.75. The maximum atomic E-state index is 12.3. The van der Waals surface area contributed by atoms with Crippen molar-refractivity contribution in [1.29, 1.82) is 0 Å². The van der Waals surface area contributed by atoms with Crippen molar-refractivity contribution in [2.45, 2.75) is 18.9 Å². The number of pyridine rings is 1. The second-order valence-corrected chi connectivity index (χ2v) is 5.75. The van der Waals surface area contributed by atoms with Crippen LogP contribution in [0.5, 0.6) is 0 Å². The van der Waals surface area contributed by atoms with E-state index in [2.05, 4.69) is 20.1 Å². The van der Waals surface area contributed by atoms with Gasteiger partial charge in [-0.15, -0.1) is 0 Å². The SMILES string of the molecule is O=C(Cn1ccnc1)N1CCC(c2noc(-c3ccncc3)n2)C1.